The SMILES string of the molecule is CCCN1CCNCC1N(C)C. The van der Waals surface area contributed by atoms with Crippen molar-refractivity contribution in [2.75, 3.05) is 40.3 Å². The van der Waals surface area contributed by atoms with E-state index in [1.807, 2.05) is 0 Å². The Labute approximate surface area is 75.7 Å². The van der Waals surface area contributed by atoms with Crippen molar-refractivity contribution in [1.29, 1.82) is 0 Å². The van der Waals surface area contributed by atoms with Gasteiger partial charge in [-0.1, -0.05) is 6.92 Å². The second-order valence-corrected chi connectivity index (χ2v) is 3.68. The predicted octanol–water partition coefficient (Wildman–Crippen LogP) is 0.189. The lowest BCUT2D eigenvalue weighted by Gasteiger charge is -2.39. The Hall–Kier alpha value is -0.120. The zero-order valence-electron chi connectivity index (χ0n) is 8.51. The minimum Gasteiger partial charge on any atom is -0.313 e. The van der Waals surface area contributed by atoms with Gasteiger partial charge in [0.2, 0.25) is 0 Å². The molecule has 1 aliphatic rings. The van der Waals surface area contributed by atoms with Gasteiger partial charge in [0.15, 0.2) is 0 Å². The number of likely N-dealkylation sites (N-methyl/N-ethyl adjacent to an activating group) is 1. The van der Waals surface area contributed by atoms with Crippen LogP contribution in [0.2, 0.25) is 0 Å². The van der Waals surface area contributed by atoms with Gasteiger partial charge < -0.3 is 5.32 Å². The molecule has 0 aromatic carbocycles. The average molecular weight is 171 g/mol. The van der Waals surface area contributed by atoms with Crippen molar-refractivity contribution in [3.8, 4) is 0 Å². The van der Waals surface area contributed by atoms with E-state index in [-0.39, 0.29) is 0 Å². The van der Waals surface area contributed by atoms with Gasteiger partial charge in [0.25, 0.3) is 0 Å². The molecule has 1 unspecified atom stereocenters. The lowest BCUT2D eigenvalue weighted by atomic mass is 10.2. The van der Waals surface area contributed by atoms with Crippen LogP contribution in [0.3, 0.4) is 0 Å². The van der Waals surface area contributed by atoms with Gasteiger partial charge in [-0.15, -0.1) is 0 Å². The summed E-state index contributed by atoms with van der Waals surface area (Å²) >= 11 is 0. The van der Waals surface area contributed by atoms with Crippen molar-refractivity contribution < 1.29 is 0 Å². The molecule has 0 radical (unpaired) electrons. The van der Waals surface area contributed by atoms with E-state index < -0.39 is 0 Å². The molecule has 12 heavy (non-hydrogen) atoms. The van der Waals surface area contributed by atoms with Gasteiger partial charge >= 0.3 is 0 Å². The maximum atomic E-state index is 3.42. The minimum absolute atomic E-state index is 0.596. The molecule has 0 amide bonds. The Morgan fingerprint density at radius 3 is 2.83 bits per heavy atom. The van der Waals surface area contributed by atoms with Gasteiger partial charge in [-0.25, -0.2) is 0 Å². The van der Waals surface area contributed by atoms with Crippen molar-refractivity contribution in [1.82, 2.24) is 15.1 Å². The first-order valence-electron chi connectivity index (χ1n) is 4.87. The van der Waals surface area contributed by atoms with E-state index in [9.17, 15) is 0 Å². The zero-order valence-corrected chi connectivity index (χ0v) is 8.51. The minimum atomic E-state index is 0.596. The molecule has 1 heterocycles. The molecule has 1 fully saturated rings. The molecule has 72 valence electrons. The summed E-state index contributed by atoms with van der Waals surface area (Å²) in [7, 11) is 4.31. The van der Waals surface area contributed by atoms with Crippen molar-refractivity contribution >= 4 is 0 Å². The quantitative estimate of drug-likeness (QED) is 0.654. The molecule has 3 nitrogen and oxygen atoms in total. The van der Waals surface area contributed by atoms with E-state index in [2.05, 4.69) is 36.1 Å². The first kappa shape index (κ1) is 9.96. The highest BCUT2D eigenvalue weighted by Crippen LogP contribution is 2.05. The fourth-order valence-corrected chi connectivity index (χ4v) is 1.79. The standard InChI is InChI=1S/C9H21N3/c1-4-6-12-7-5-10-8-9(12)11(2)3/h9-10H,4-8H2,1-3H3. The van der Waals surface area contributed by atoms with Crippen LogP contribution in [0.15, 0.2) is 0 Å². The summed E-state index contributed by atoms with van der Waals surface area (Å²) in [5.41, 5.74) is 0. The van der Waals surface area contributed by atoms with E-state index in [1.54, 1.807) is 0 Å². The van der Waals surface area contributed by atoms with Crippen LogP contribution >= 0.6 is 0 Å². The number of piperazine rings is 1. The molecule has 0 aromatic heterocycles. The highest BCUT2D eigenvalue weighted by Gasteiger charge is 2.22. The number of rotatable bonds is 3. The summed E-state index contributed by atoms with van der Waals surface area (Å²) in [6.07, 6.45) is 1.85. The summed E-state index contributed by atoms with van der Waals surface area (Å²) < 4.78 is 0. The van der Waals surface area contributed by atoms with E-state index >= 15 is 0 Å². The zero-order chi connectivity index (χ0) is 8.97. The van der Waals surface area contributed by atoms with Gasteiger partial charge in [0.05, 0.1) is 6.17 Å². The Bertz CT molecular complexity index is 123. The van der Waals surface area contributed by atoms with E-state index in [1.165, 1.54) is 19.5 Å². The summed E-state index contributed by atoms with van der Waals surface area (Å²) in [4.78, 5) is 4.85. The molecule has 1 atom stereocenters. The van der Waals surface area contributed by atoms with Gasteiger partial charge in [0, 0.05) is 19.6 Å². The lowest BCUT2D eigenvalue weighted by molar-refractivity contribution is 0.0572. The van der Waals surface area contributed by atoms with Gasteiger partial charge in [-0.3, -0.25) is 9.80 Å². The molecule has 0 aliphatic carbocycles. The molecule has 0 aromatic rings. The number of hydrogen-bond acceptors (Lipinski definition) is 3. The Balaban J connectivity index is 2.42. The van der Waals surface area contributed by atoms with Crippen molar-refractivity contribution in [2.24, 2.45) is 0 Å². The van der Waals surface area contributed by atoms with E-state index in [4.69, 9.17) is 0 Å². The monoisotopic (exact) mass is 171 g/mol. The van der Waals surface area contributed by atoms with Crippen LogP contribution in [0.5, 0.6) is 0 Å². The topological polar surface area (TPSA) is 18.5 Å². The summed E-state index contributed by atoms with van der Waals surface area (Å²) in [6.45, 7) is 6.91. The molecule has 0 spiro atoms. The highest BCUT2D eigenvalue weighted by atomic mass is 15.4. The summed E-state index contributed by atoms with van der Waals surface area (Å²) in [6, 6.07) is 0. The lowest BCUT2D eigenvalue weighted by Crippen LogP contribution is -2.57. The maximum Gasteiger partial charge on any atom is 0.0746 e. The molecule has 0 saturated carbocycles. The third kappa shape index (κ3) is 2.44. The highest BCUT2D eigenvalue weighted by molar-refractivity contribution is 4.77. The van der Waals surface area contributed by atoms with Crippen LogP contribution in [0.4, 0.5) is 0 Å². The van der Waals surface area contributed by atoms with Crippen LogP contribution in [0, 0.1) is 0 Å². The predicted molar refractivity (Wildman–Crippen MR) is 52.2 cm³/mol. The number of nitrogens with zero attached hydrogens (tertiary/aromatic N) is 2. The molecule has 1 saturated heterocycles. The molecule has 1 N–H and O–H groups in total. The molecule has 1 aliphatic heterocycles. The third-order valence-corrected chi connectivity index (χ3v) is 2.43. The Morgan fingerprint density at radius 2 is 2.25 bits per heavy atom. The maximum absolute atomic E-state index is 3.42. The average Bonchev–Trinajstić information content (AvgIpc) is 2.05. The summed E-state index contributed by atoms with van der Waals surface area (Å²) in [5, 5.41) is 3.42. The van der Waals surface area contributed by atoms with E-state index in [0.29, 0.717) is 6.17 Å². The number of hydrogen-bond donors (Lipinski definition) is 1. The van der Waals surface area contributed by atoms with Gasteiger partial charge in [0.1, 0.15) is 0 Å². The van der Waals surface area contributed by atoms with Crippen molar-refractivity contribution in [2.45, 2.75) is 19.5 Å². The smallest absolute Gasteiger partial charge is 0.0746 e. The van der Waals surface area contributed by atoms with Crippen LogP contribution in [-0.4, -0.2) is 56.2 Å². The van der Waals surface area contributed by atoms with Gasteiger partial charge in [-0.2, -0.15) is 0 Å². The number of nitrogens with one attached hydrogen (secondary N) is 1. The fourth-order valence-electron chi connectivity index (χ4n) is 1.79. The van der Waals surface area contributed by atoms with Crippen LogP contribution < -0.4 is 5.32 Å². The van der Waals surface area contributed by atoms with Gasteiger partial charge in [-0.05, 0) is 27.1 Å². The second kappa shape index (κ2) is 4.80. The summed E-state index contributed by atoms with van der Waals surface area (Å²) in [5.74, 6) is 0. The molecule has 0 bridgehead atoms. The van der Waals surface area contributed by atoms with Crippen molar-refractivity contribution in [3.63, 3.8) is 0 Å². The molecule has 1 rings (SSSR count). The van der Waals surface area contributed by atoms with E-state index in [0.717, 1.165) is 13.1 Å². The molecular weight excluding hydrogens is 150 g/mol. The molecular formula is C9H21N3. The first-order valence-corrected chi connectivity index (χ1v) is 4.87. The first-order chi connectivity index (χ1) is 5.75. The van der Waals surface area contributed by atoms with Crippen LogP contribution in [0.25, 0.3) is 0 Å². The largest absolute Gasteiger partial charge is 0.313 e. The van der Waals surface area contributed by atoms with Crippen LogP contribution in [-0.2, 0) is 0 Å². The van der Waals surface area contributed by atoms with Crippen molar-refractivity contribution in [3.05, 3.63) is 0 Å². The fraction of sp³-hybridized carbons (Fsp3) is 1.00. The third-order valence-electron chi connectivity index (χ3n) is 2.43. The molecule has 3 heteroatoms. The van der Waals surface area contributed by atoms with Crippen LogP contribution in [0.1, 0.15) is 13.3 Å². The Kier molecular flexibility index (Phi) is 3.98. The second-order valence-electron chi connectivity index (χ2n) is 3.68. The normalized spacial score (nSPS) is 26.5. The Morgan fingerprint density at radius 1 is 1.50 bits per heavy atom.